The van der Waals surface area contributed by atoms with E-state index in [1.807, 2.05) is 29.2 Å². The van der Waals surface area contributed by atoms with Gasteiger partial charge in [-0.15, -0.1) is 0 Å². The summed E-state index contributed by atoms with van der Waals surface area (Å²) in [6.07, 6.45) is 6.77. The molecule has 3 heterocycles. The Balaban J connectivity index is 1.41. The Morgan fingerprint density at radius 1 is 1.09 bits per heavy atom. The van der Waals surface area contributed by atoms with Crippen molar-refractivity contribution in [2.75, 3.05) is 6.54 Å². The highest BCUT2D eigenvalue weighted by Gasteiger charge is 2.33. The molecule has 160 valence electrons. The fourth-order valence-corrected chi connectivity index (χ4v) is 4.24. The predicted molar refractivity (Wildman–Crippen MR) is 121 cm³/mol. The standard InChI is InChI=1S/C24H20ClN5O2/c25-18-7-1-5-16(13-18)20-15-28-29-22(20)21-9-3-12-30(21)23(31)17-6-2-8-19(14-17)32-24-26-10-4-11-27-24/h1-2,4-8,10-11,13-15,21H,3,9,12H2,(H,28,29). The van der Waals surface area contributed by atoms with Gasteiger partial charge in [-0.1, -0.05) is 29.8 Å². The van der Waals surface area contributed by atoms with Crippen LogP contribution in [0.1, 0.15) is 34.9 Å². The van der Waals surface area contributed by atoms with E-state index in [2.05, 4.69) is 20.2 Å². The predicted octanol–water partition coefficient (Wildman–Crippen LogP) is 5.29. The zero-order valence-electron chi connectivity index (χ0n) is 17.1. The number of aromatic nitrogens is 4. The first kappa shape index (κ1) is 20.2. The molecule has 8 heteroatoms. The number of amides is 1. The van der Waals surface area contributed by atoms with Gasteiger partial charge in [0.05, 0.1) is 17.9 Å². The lowest BCUT2D eigenvalue weighted by Crippen LogP contribution is -2.31. The molecule has 5 rings (SSSR count). The fraction of sp³-hybridized carbons (Fsp3) is 0.167. The van der Waals surface area contributed by atoms with E-state index in [0.29, 0.717) is 22.9 Å². The van der Waals surface area contributed by atoms with Crippen LogP contribution in [0.15, 0.2) is 73.2 Å². The van der Waals surface area contributed by atoms with Gasteiger partial charge in [-0.25, -0.2) is 9.97 Å². The minimum Gasteiger partial charge on any atom is -0.424 e. The molecule has 2 aromatic carbocycles. The van der Waals surface area contributed by atoms with Crippen molar-refractivity contribution in [3.8, 4) is 22.9 Å². The quantitative estimate of drug-likeness (QED) is 0.451. The summed E-state index contributed by atoms with van der Waals surface area (Å²) < 4.78 is 5.70. The van der Waals surface area contributed by atoms with E-state index in [1.54, 1.807) is 48.9 Å². The lowest BCUT2D eigenvalue weighted by atomic mass is 10.0. The molecule has 2 aromatic heterocycles. The minimum atomic E-state index is -0.0963. The molecule has 0 saturated carbocycles. The van der Waals surface area contributed by atoms with E-state index >= 15 is 0 Å². The zero-order valence-corrected chi connectivity index (χ0v) is 17.9. The van der Waals surface area contributed by atoms with Gasteiger partial charge >= 0.3 is 6.01 Å². The highest BCUT2D eigenvalue weighted by Crippen LogP contribution is 2.38. The average molecular weight is 446 g/mol. The largest absolute Gasteiger partial charge is 0.424 e. The molecule has 1 amide bonds. The summed E-state index contributed by atoms with van der Waals surface area (Å²) in [5.74, 6) is 0.456. The number of likely N-dealkylation sites (tertiary alicyclic amines) is 1. The van der Waals surface area contributed by atoms with Crippen molar-refractivity contribution in [3.63, 3.8) is 0 Å². The van der Waals surface area contributed by atoms with Crippen LogP contribution in [0.3, 0.4) is 0 Å². The van der Waals surface area contributed by atoms with Crippen molar-refractivity contribution >= 4 is 17.5 Å². The topological polar surface area (TPSA) is 84.0 Å². The van der Waals surface area contributed by atoms with Gasteiger partial charge in [0.2, 0.25) is 0 Å². The van der Waals surface area contributed by atoms with E-state index < -0.39 is 0 Å². The molecule has 1 aliphatic rings. The smallest absolute Gasteiger partial charge is 0.321 e. The van der Waals surface area contributed by atoms with E-state index in [9.17, 15) is 4.79 Å². The van der Waals surface area contributed by atoms with E-state index in [1.165, 1.54) is 0 Å². The second-order valence-corrected chi connectivity index (χ2v) is 7.96. The maximum atomic E-state index is 13.4. The molecular weight excluding hydrogens is 426 g/mol. The normalized spacial score (nSPS) is 15.7. The van der Waals surface area contributed by atoms with Gasteiger partial charge in [-0.3, -0.25) is 9.89 Å². The molecule has 0 spiro atoms. The van der Waals surface area contributed by atoms with Crippen LogP contribution in [0.2, 0.25) is 5.02 Å². The number of halogens is 1. The number of benzene rings is 2. The van der Waals surface area contributed by atoms with Crippen LogP contribution in [0.25, 0.3) is 11.1 Å². The lowest BCUT2D eigenvalue weighted by molar-refractivity contribution is 0.0733. The molecule has 7 nitrogen and oxygen atoms in total. The molecule has 0 radical (unpaired) electrons. The molecule has 1 N–H and O–H groups in total. The lowest BCUT2D eigenvalue weighted by Gasteiger charge is -2.25. The second kappa shape index (κ2) is 8.80. The van der Waals surface area contributed by atoms with Gasteiger partial charge in [0, 0.05) is 35.1 Å². The number of nitrogens with zero attached hydrogens (tertiary/aromatic N) is 4. The highest BCUT2D eigenvalue weighted by molar-refractivity contribution is 6.30. The number of hydrogen-bond donors (Lipinski definition) is 1. The minimum absolute atomic E-state index is 0.0569. The fourth-order valence-electron chi connectivity index (χ4n) is 4.05. The highest BCUT2D eigenvalue weighted by atomic mass is 35.5. The third kappa shape index (κ3) is 4.07. The van der Waals surface area contributed by atoms with Crippen molar-refractivity contribution in [2.24, 2.45) is 0 Å². The second-order valence-electron chi connectivity index (χ2n) is 7.53. The Bertz CT molecular complexity index is 1240. The van der Waals surface area contributed by atoms with Crippen LogP contribution in [0, 0.1) is 0 Å². The molecule has 1 atom stereocenters. The Morgan fingerprint density at radius 3 is 2.78 bits per heavy atom. The molecule has 0 aliphatic carbocycles. The number of nitrogens with one attached hydrogen (secondary N) is 1. The van der Waals surface area contributed by atoms with Crippen LogP contribution in [-0.4, -0.2) is 37.5 Å². The van der Waals surface area contributed by atoms with Crippen molar-refractivity contribution in [3.05, 3.63) is 89.5 Å². The first-order valence-corrected chi connectivity index (χ1v) is 10.7. The van der Waals surface area contributed by atoms with Crippen LogP contribution >= 0.6 is 11.6 Å². The maximum Gasteiger partial charge on any atom is 0.321 e. The monoisotopic (exact) mass is 445 g/mol. The number of aromatic amines is 1. The number of ether oxygens (including phenoxy) is 1. The average Bonchev–Trinajstić information content (AvgIpc) is 3.49. The SMILES string of the molecule is O=C(c1cccc(Oc2ncccn2)c1)N1CCCC1c1[nH]ncc1-c1cccc(Cl)c1. The molecule has 1 saturated heterocycles. The van der Waals surface area contributed by atoms with Gasteiger partial charge < -0.3 is 9.64 Å². The molecular formula is C24H20ClN5O2. The Kier molecular flexibility index (Phi) is 5.56. The van der Waals surface area contributed by atoms with Crippen LogP contribution < -0.4 is 4.74 Å². The first-order chi connectivity index (χ1) is 15.7. The van der Waals surface area contributed by atoms with Crippen LogP contribution in [-0.2, 0) is 0 Å². The van der Waals surface area contributed by atoms with E-state index in [-0.39, 0.29) is 18.0 Å². The number of H-pyrrole nitrogens is 1. The Hall–Kier alpha value is -3.71. The zero-order chi connectivity index (χ0) is 21.9. The molecule has 4 aromatic rings. The van der Waals surface area contributed by atoms with Crippen LogP contribution in [0.5, 0.6) is 11.8 Å². The van der Waals surface area contributed by atoms with Gasteiger partial charge in [0.1, 0.15) is 5.75 Å². The molecule has 0 bridgehead atoms. The molecule has 1 unspecified atom stereocenters. The Morgan fingerprint density at radius 2 is 1.94 bits per heavy atom. The maximum absolute atomic E-state index is 13.4. The third-order valence-corrected chi connectivity index (χ3v) is 5.72. The number of carbonyl (C=O) groups excluding carboxylic acids is 1. The van der Waals surface area contributed by atoms with Crippen molar-refractivity contribution in [2.45, 2.75) is 18.9 Å². The van der Waals surface area contributed by atoms with Crippen LogP contribution in [0.4, 0.5) is 0 Å². The van der Waals surface area contributed by atoms with Gasteiger partial charge in [0.15, 0.2) is 0 Å². The van der Waals surface area contributed by atoms with Crippen molar-refractivity contribution in [1.82, 2.24) is 25.1 Å². The molecule has 32 heavy (non-hydrogen) atoms. The summed E-state index contributed by atoms with van der Waals surface area (Å²) in [5, 5.41) is 8.04. The van der Waals surface area contributed by atoms with Gasteiger partial charge in [-0.05, 0) is 54.8 Å². The summed E-state index contributed by atoms with van der Waals surface area (Å²) in [7, 11) is 0. The molecule has 1 aliphatic heterocycles. The Labute approximate surface area is 190 Å². The number of hydrogen-bond acceptors (Lipinski definition) is 5. The van der Waals surface area contributed by atoms with E-state index in [4.69, 9.17) is 16.3 Å². The summed E-state index contributed by atoms with van der Waals surface area (Å²) in [6, 6.07) is 16.6. The third-order valence-electron chi connectivity index (χ3n) is 5.48. The van der Waals surface area contributed by atoms with E-state index in [0.717, 1.165) is 29.7 Å². The van der Waals surface area contributed by atoms with Gasteiger partial charge in [-0.2, -0.15) is 5.10 Å². The number of carbonyl (C=O) groups is 1. The first-order valence-electron chi connectivity index (χ1n) is 10.3. The van der Waals surface area contributed by atoms with Gasteiger partial charge in [0.25, 0.3) is 5.91 Å². The summed E-state index contributed by atoms with van der Waals surface area (Å²) in [6.45, 7) is 0.671. The summed E-state index contributed by atoms with van der Waals surface area (Å²) >= 11 is 6.19. The molecule has 1 fully saturated rings. The van der Waals surface area contributed by atoms with Crippen molar-refractivity contribution in [1.29, 1.82) is 0 Å². The summed E-state index contributed by atoms with van der Waals surface area (Å²) in [4.78, 5) is 23.5. The van der Waals surface area contributed by atoms with Crippen molar-refractivity contribution < 1.29 is 9.53 Å². The number of rotatable bonds is 5. The summed E-state index contributed by atoms with van der Waals surface area (Å²) in [5.41, 5.74) is 3.40.